The molecule has 10 heteroatoms. The van der Waals surface area contributed by atoms with Gasteiger partial charge in [0.15, 0.2) is 0 Å². The Morgan fingerprint density at radius 1 is 1.00 bits per heavy atom. The lowest BCUT2D eigenvalue weighted by Gasteiger charge is -2.33. The molecule has 1 aliphatic rings. The lowest BCUT2D eigenvalue weighted by atomic mass is 10.0. The highest BCUT2D eigenvalue weighted by Gasteiger charge is 2.34. The third-order valence-electron chi connectivity index (χ3n) is 5.97. The molecule has 0 radical (unpaired) electrons. The number of benzene rings is 2. The fourth-order valence-electron chi connectivity index (χ4n) is 4.12. The van der Waals surface area contributed by atoms with Crippen molar-refractivity contribution in [1.82, 2.24) is 9.21 Å². The van der Waals surface area contributed by atoms with Crippen LogP contribution in [0.3, 0.4) is 0 Å². The second-order valence-corrected chi connectivity index (χ2v) is 9.83. The summed E-state index contributed by atoms with van der Waals surface area (Å²) in [6.07, 6.45) is -4.27. The molecule has 0 bridgehead atoms. The van der Waals surface area contributed by atoms with Crippen molar-refractivity contribution in [2.45, 2.75) is 24.4 Å². The van der Waals surface area contributed by atoms with E-state index < -0.39 is 28.4 Å². The molecule has 1 aromatic heterocycles. The number of ether oxygens (including phenoxy) is 1. The molecule has 0 aliphatic carbocycles. The number of alkyl halides is 3. The topological polar surface area (TPSA) is 63.0 Å². The van der Waals surface area contributed by atoms with Crippen LogP contribution >= 0.6 is 0 Å². The molecule has 1 fully saturated rings. The largest absolute Gasteiger partial charge is 0.423 e. The summed E-state index contributed by atoms with van der Waals surface area (Å²) in [6.45, 7) is 7.31. The Morgan fingerprint density at radius 2 is 1.69 bits per heavy atom. The van der Waals surface area contributed by atoms with Crippen LogP contribution in [0.25, 0.3) is 11.0 Å². The molecular formula is C25H27F3N2O4S. The number of nitrogens with zero attached hydrogens (tertiary/aromatic N) is 2. The van der Waals surface area contributed by atoms with E-state index in [9.17, 15) is 22.2 Å². The molecular weight excluding hydrogens is 481 g/mol. The number of hydrogen-bond donors (Lipinski definition) is 0. The zero-order valence-corrected chi connectivity index (χ0v) is 20.2. The Hall–Kier alpha value is -2.53. The predicted octanol–water partition coefficient (Wildman–Crippen LogP) is 4.08. The summed E-state index contributed by atoms with van der Waals surface area (Å²) in [7, 11) is -1.27. The van der Waals surface area contributed by atoms with E-state index in [1.807, 2.05) is 23.4 Å². The van der Waals surface area contributed by atoms with E-state index in [4.69, 9.17) is 9.15 Å². The quantitative estimate of drug-likeness (QED) is 0.339. The van der Waals surface area contributed by atoms with Crippen molar-refractivity contribution in [3.63, 3.8) is 0 Å². The maximum absolute atomic E-state index is 13.4. The summed E-state index contributed by atoms with van der Waals surface area (Å²) in [5, 5.41) is -0.146. The van der Waals surface area contributed by atoms with Gasteiger partial charge in [0.1, 0.15) is 16.6 Å². The fourth-order valence-corrected chi connectivity index (χ4v) is 5.28. The summed E-state index contributed by atoms with van der Waals surface area (Å²) < 4.78 is 65.5. The normalized spacial score (nSPS) is 16.6. The standard InChI is InChI=1S/C25H27F3N2O4S/c1-2-33-14-13-29-9-11-30(12-10-29)35(32)20-6-3-18(4-7-20)15-19-5-8-23-21(16-19)22(25(26,27)28)17-24(31)34-23/h3-8,16-17H,2,9-15H2,1H3. The average Bonchev–Trinajstić information content (AvgIpc) is 2.84. The van der Waals surface area contributed by atoms with Crippen LogP contribution < -0.4 is 5.63 Å². The molecule has 0 amide bonds. The lowest BCUT2D eigenvalue weighted by molar-refractivity contribution is -0.136. The van der Waals surface area contributed by atoms with Crippen LogP contribution in [0.1, 0.15) is 23.6 Å². The predicted molar refractivity (Wildman–Crippen MR) is 128 cm³/mol. The van der Waals surface area contributed by atoms with Crippen molar-refractivity contribution in [3.05, 3.63) is 75.6 Å². The van der Waals surface area contributed by atoms with Crippen molar-refractivity contribution in [2.24, 2.45) is 0 Å². The van der Waals surface area contributed by atoms with Gasteiger partial charge in [-0.3, -0.25) is 4.90 Å². The molecule has 1 saturated heterocycles. The van der Waals surface area contributed by atoms with Gasteiger partial charge < -0.3 is 9.15 Å². The van der Waals surface area contributed by atoms with Crippen LogP contribution in [0.5, 0.6) is 0 Å². The van der Waals surface area contributed by atoms with Crippen LogP contribution in [0, 0.1) is 0 Å². The molecule has 3 aromatic rings. The first-order valence-corrected chi connectivity index (χ1v) is 12.5. The zero-order valence-electron chi connectivity index (χ0n) is 19.3. The second kappa shape index (κ2) is 11.0. The molecule has 0 saturated carbocycles. The molecule has 6 nitrogen and oxygen atoms in total. The molecule has 188 valence electrons. The van der Waals surface area contributed by atoms with E-state index in [1.54, 1.807) is 18.2 Å². The van der Waals surface area contributed by atoms with Crippen LogP contribution in [-0.2, 0) is 28.3 Å². The maximum Gasteiger partial charge on any atom is 0.417 e. The Balaban J connectivity index is 1.42. The minimum Gasteiger partial charge on any atom is -0.423 e. The van der Waals surface area contributed by atoms with Crippen molar-refractivity contribution in [1.29, 1.82) is 0 Å². The highest BCUT2D eigenvalue weighted by molar-refractivity contribution is 7.82. The molecule has 2 heterocycles. The minimum absolute atomic E-state index is 0.0997. The highest BCUT2D eigenvalue weighted by atomic mass is 32.2. The molecule has 35 heavy (non-hydrogen) atoms. The Labute approximate surface area is 203 Å². The van der Waals surface area contributed by atoms with Crippen LogP contribution in [0.4, 0.5) is 13.2 Å². The zero-order chi connectivity index (χ0) is 25.0. The summed E-state index contributed by atoms with van der Waals surface area (Å²) in [5.74, 6) is 0. The molecule has 0 N–H and O–H groups in total. The molecule has 1 aliphatic heterocycles. The first kappa shape index (κ1) is 25.6. The maximum atomic E-state index is 13.4. The summed E-state index contributed by atoms with van der Waals surface area (Å²) in [6, 6.07) is 12.2. The van der Waals surface area contributed by atoms with Gasteiger partial charge in [0, 0.05) is 50.8 Å². The van der Waals surface area contributed by atoms with E-state index in [1.165, 1.54) is 12.1 Å². The van der Waals surface area contributed by atoms with Crippen molar-refractivity contribution >= 4 is 22.0 Å². The average molecular weight is 509 g/mol. The van der Waals surface area contributed by atoms with E-state index in [-0.39, 0.29) is 11.0 Å². The summed E-state index contributed by atoms with van der Waals surface area (Å²) in [5.41, 5.74) is -0.620. The first-order chi connectivity index (χ1) is 16.7. The number of hydrogen-bond acceptors (Lipinski definition) is 5. The summed E-state index contributed by atoms with van der Waals surface area (Å²) >= 11 is 0. The van der Waals surface area contributed by atoms with Gasteiger partial charge in [-0.05, 0) is 48.7 Å². The Morgan fingerprint density at radius 3 is 2.34 bits per heavy atom. The summed E-state index contributed by atoms with van der Waals surface area (Å²) in [4.78, 5) is 14.5. The van der Waals surface area contributed by atoms with E-state index in [2.05, 4.69) is 4.90 Å². The monoisotopic (exact) mass is 508 g/mol. The van der Waals surface area contributed by atoms with E-state index in [0.29, 0.717) is 49.2 Å². The second-order valence-electron chi connectivity index (χ2n) is 8.34. The molecule has 0 spiro atoms. The van der Waals surface area contributed by atoms with Crippen molar-refractivity contribution < 1.29 is 26.5 Å². The molecule has 1 atom stereocenters. The number of fused-ring (bicyclic) bond motifs is 1. The smallest absolute Gasteiger partial charge is 0.417 e. The van der Waals surface area contributed by atoms with Crippen LogP contribution in [0.2, 0.25) is 0 Å². The van der Waals surface area contributed by atoms with Gasteiger partial charge in [0.2, 0.25) is 0 Å². The fraction of sp³-hybridized carbons (Fsp3) is 0.400. The highest BCUT2D eigenvalue weighted by Crippen LogP contribution is 2.34. The van der Waals surface area contributed by atoms with E-state index in [0.717, 1.165) is 25.2 Å². The van der Waals surface area contributed by atoms with Gasteiger partial charge in [-0.2, -0.15) is 13.2 Å². The van der Waals surface area contributed by atoms with E-state index >= 15 is 0 Å². The van der Waals surface area contributed by atoms with Crippen molar-refractivity contribution in [3.8, 4) is 0 Å². The Kier molecular flexibility index (Phi) is 8.05. The van der Waals surface area contributed by atoms with Gasteiger partial charge in [0.05, 0.1) is 17.1 Å². The number of piperazine rings is 1. The lowest BCUT2D eigenvalue weighted by Crippen LogP contribution is -2.47. The minimum atomic E-state index is -4.66. The van der Waals surface area contributed by atoms with Crippen molar-refractivity contribution in [2.75, 3.05) is 45.9 Å². The van der Waals surface area contributed by atoms with Gasteiger partial charge in [-0.1, -0.05) is 18.2 Å². The van der Waals surface area contributed by atoms with Crippen LogP contribution in [0.15, 0.2) is 62.6 Å². The Bertz CT molecular complexity index is 1240. The third-order valence-corrected chi connectivity index (χ3v) is 7.48. The van der Waals surface area contributed by atoms with Crippen LogP contribution in [-0.4, -0.2) is 59.4 Å². The van der Waals surface area contributed by atoms with Gasteiger partial charge in [-0.15, -0.1) is 0 Å². The van der Waals surface area contributed by atoms with Gasteiger partial charge in [-0.25, -0.2) is 13.3 Å². The molecule has 2 aromatic carbocycles. The number of halogens is 3. The molecule has 4 rings (SSSR count). The SMILES string of the molecule is CCOCCN1CCN(S(=O)c2ccc(Cc3ccc4oc(=O)cc(C(F)(F)F)c4c3)cc2)CC1. The number of rotatable bonds is 8. The van der Waals surface area contributed by atoms with Gasteiger partial charge >= 0.3 is 11.8 Å². The third kappa shape index (κ3) is 6.38. The first-order valence-electron chi connectivity index (χ1n) is 11.4. The molecule has 1 unspecified atom stereocenters. The van der Waals surface area contributed by atoms with Gasteiger partial charge in [0.25, 0.3) is 0 Å².